The first-order valence-corrected chi connectivity index (χ1v) is 5.53. The highest BCUT2D eigenvalue weighted by Crippen LogP contribution is 2.46. The molecule has 2 atom stereocenters. The van der Waals surface area contributed by atoms with Gasteiger partial charge in [0, 0.05) is 16.6 Å². The summed E-state index contributed by atoms with van der Waals surface area (Å²) in [7, 11) is 1.12. The maximum atomic E-state index is 10.5. The lowest BCUT2D eigenvalue weighted by atomic mass is 10.3. The Morgan fingerprint density at radius 1 is 1.75 bits per heavy atom. The third-order valence-corrected chi connectivity index (χ3v) is 4.27. The average Bonchev–Trinajstić information content (AvgIpc) is 2.42. The highest BCUT2D eigenvalue weighted by molar-refractivity contribution is 8.88. The lowest BCUT2D eigenvalue weighted by Crippen LogP contribution is -1.86. The van der Waals surface area contributed by atoms with E-state index in [9.17, 15) is 4.55 Å². The van der Waals surface area contributed by atoms with Gasteiger partial charge in [0.2, 0.25) is 4.58 Å². The molecule has 0 bridgehead atoms. The van der Waals surface area contributed by atoms with Crippen LogP contribution in [0, 0.1) is 0 Å². The van der Waals surface area contributed by atoms with Crippen molar-refractivity contribution in [1.82, 2.24) is 0 Å². The van der Waals surface area contributed by atoms with E-state index in [1.54, 1.807) is 10.8 Å². The lowest BCUT2D eigenvalue weighted by Gasteiger charge is -1.85. The van der Waals surface area contributed by atoms with Gasteiger partial charge < -0.3 is 4.55 Å². The van der Waals surface area contributed by atoms with Crippen LogP contribution in [0.5, 0.6) is 0 Å². The first-order valence-electron chi connectivity index (χ1n) is 2.92. The molecule has 0 spiro atoms. The Labute approximate surface area is 56.8 Å². The molecule has 0 aromatic heterocycles. The smallest absolute Gasteiger partial charge is 0.220 e. The zero-order valence-electron chi connectivity index (χ0n) is 4.92. The second kappa shape index (κ2) is 2.99. The molecule has 0 aliphatic carbocycles. The van der Waals surface area contributed by atoms with E-state index in [0.29, 0.717) is 4.58 Å². The highest BCUT2D eigenvalue weighted by Gasteiger charge is 2.44. The summed E-state index contributed by atoms with van der Waals surface area (Å²) in [5.74, 6) is 0. The second-order valence-electron chi connectivity index (χ2n) is 1.93. The Morgan fingerprint density at radius 3 is 2.75 bits per heavy atom. The van der Waals surface area contributed by atoms with Gasteiger partial charge in [-0.3, -0.25) is 0 Å². The van der Waals surface area contributed by atoms with Crippen LogP contribution in [0.4, 0.5) is 0 Å². The largest absolute Gasteiger partial charge is 0.604 e. The maximum absolute atomic E-state index is 10.5. The molecule has 1 aliphatic rings. The SMILES string of the molecule is CCCCC1S[S+]1[O-]. The van der Waals surface area contributed by atoms with Crippen molar-refractivity contribution in [3.63, 3.8) is 0 Å². The van der Waals surface area contributed by atoms with E-state index >= 15 is 0 Å². The Kier molecular flexibility index (Phi) is 2.53. The van der Waals surface area contributed by atoms with Gasteiger partial charge in [0.05, 0.1) is 0 Å². The Bertz CT molecular complexity index is 76.8. The van der Waals surface area contributed by atoms with Gasteiger partial charge in [-0.15, -0.1) is 0 Å². The molecule has 1 fully saturated rings. The molecule has 1 rings (SSSR count). The zero-order valence-corrected chi connectivity index (χ0v) is 6.56. The molecule has 0 aromatic carbocycles. The minimum atomic E-state index is -0.484. The van der Waals surface area contributed by atoms with Crippen LogP contribution in [0.2, 0.25) is 0 Å². The zero-order chi connectivity index (χ0) is 5.98. The van der Waals surface area contributed by atoms with E-state index < -0.39 is 10.2 Å². The molecule has 0 radical (unpaired) electrons. The standard InChI is InChI=1S/C5H10OS2/c1-2-3-4-5-7-8(5)6/h5H,2-4H2,1H3. The Balaban J connectivity index is 1.89. The molecule has 1 heterocycles. The summed E-state index contributed by atoms with van der Waals surface area (Å²) < 4.78 is 11.0. The summed E-state index contributed by atoms with van der Waals surface area (Å²) in [5.41, 5.74) is 0. The summed E-state index contributed by atoms with van der Waals surface area (Å²) in [6, 6.07) is 0. The van der Waals surface area contributed by atoms with Gasteiger partial charge in [0.25, 0.3) is 0 Å². The van der Waals surface area contributed by atoms with Crippen LogP contribution in [0.15, 0.2) is 0 Å². The van der Waals surface area contributed by atoms with Gasteiger partial charge in [0.15, 0.2) is 10.8 Å². The van der Waals surface area contributed by atoms with Crippen molar-refractivity contribution >= 4 is 21.0 Å². The van der Waals surface area contributed by atoms with Crippen LogP contribution in [0.25, 0.3) is 0 Å². The molecule has 2 unspecified atom stereocenters. The van der Waals surface area contributed by atoms with Gasteiger partial charge in [-0.05, 0) is 6.42 Å². The number of rotatable bonds is 3. The van der Waals surface area contributed by atoms with Crippen LogP contribution in [0.1, 0.15) is 26.2 Å². The number of unbranched alkanes of at least 4 members (excludes halogenated alkanes) is 1. The minimum Gasteiger partial charge on any atom is -0.604 e. The van der Waals surface area contributed by atoms with E-state index in [-0.39, 0.29) is 0 Å². The lowest BCUT2D eigenvalue weighted by molar-refractivity contribution is 0.608. The Morgan fingerprint density at radius 2 is 2.38 bits per heavy atom. The highest BCUT2D eigenvalue weighted by atomic mass is 33.2. The first-order chi connectivity index (χ1) is 3.84. The van der Waals surface area contributed by atoms with Gasteiger partial charge in [-0.1, -0.05) is 13.3 Å². The molecule has 1 saturated heterocycles. The van der Waals surface area contributed by atoms with Crippen molar-refractivity contribution in [1.29, 1.82) is 0 Å². The van der Waals surface area contributed by atoms with Crippen LogP contribution in [-0.2, 0) is 10.2 Å². The van der Waals surface area contributed by atoms with Crippen molar-refractivity contribution in [2.75, 3.05) is 0 Å². The topological polar surface area (TPSA) is 23.1 Å². The third-order valence-electron chi connectivity index (χ3n) is 1.17. The van der Waals surface area contributed by atoms with Crippen LogP contribution < -0.4 is 0 Å². The molecular formula is C5H10OS2. The molecular weight excluding hydrogens is 140 g/mol. The van der Waals surface area contributed by atoms with Crippen molar-refractivity contribution in [3.8, 4) is 0 Å². The summed E-state index contributed by atoms with van der Waals surface area (Å²) in [6.07, 6.45) is 3.63. The third kappa shape index (κ3) is 1.88. The van der Waals surface area contributed by atoms with Gasteiger partial charge in [-0.2, -0.15) is 0 Å². The van der Waals surface area contributed by atoms with E-state index in [0.717, 1.165) is 6.42 Å². The Hall–Kier alpha value is 0.660. The molecule has 0 amide bonds. The fourth-order valence-electron chi connectivity index (χ4n) is 0.598. The normalized spacial score (nSPS) is 35.2. The second-order valence-corrected chi connectivity index (χ2v) is 5.64. The number of hydrogen-bond acceptors (Lipinski definition) is 2. The predicted molar refractivity (Wildman–Crippen MR) is 39.0 cm³/mol. The van der Waals surface area contributed by atoms with E-state index in [4.69, 9.17) is 0 Å². The summed E-state index contributed by atoms with van der Waals surface area (Å²) in [4.78, 5) is 0. The van der Waals surface area contributed by atoms with E-state index in [1.807, 2.05) is 0 Å². The molecule has 0 N–H and O–H groups in total. The summed E-state index contributed by atoms with van der Waals surface area (Å²) in [5, 5.41) is 0. The summed E-state index contributed by atoms with van der Waals surface area (Å²) >= 11 is 0. The van der Waals surface area contributed by atoms with Gasteiger partial charge >= 0.3 is 0 Å². The average molecular weight is 150 g/mol. The summed E-state index contributed by atoms with van der Waals surface area (Å²) in [6.45, 7) is 2.16. The van der Waals surface area contributed by atoms with Gasteiger partial charge in [0.1, 0.15) is 0 Å². The molecule has 8 heavy (non-hydrogen) atoms. The molecule has 0 aromatic rings. The molecule has 3 heteroatoms. The fourth-order valence-corrected chi connectivity index (χ4v) is 2.75. The van der Waals surface area contributed by atoms with Crippen molar-refractivity contribution < 1.29 is 4.55 Å². The number of hydrogen-bond donors (Lipinski definition) is 0. The van der Waals surface area contributed by atoms with Crippen molar-refractivity contribution in [2.45, 2.75) is 30.8 Å². The van der Waals surface area contributed by atoms with Crippen molar-refractivity contribution in [3.05, 3.63) is 0 Å². The quantitative estimate of drug-likeness (QED) is 0.348. The molecule has 0 saturated carbocycles. The van der Waals surface area contributed by atoms with E-state index in [1.165, 1.54) is 12.8 Å². The van der Waals surface area contributed by atoms with Gasteiger partial charge in [-0.25, -0.2) is 0 Å². The minimum absolute atomic E-state index is 0.484. The van der Waals surface area contributed by atoms with E-state index in [2.05, 4.69) is 6.92 Å². The molecule has 48 valence electrons. The maximum Gasteiger partial charge on any atom is 0.220 e. The first kappa shape index (κ1) is 6.78. The monoisotopic (exact) mass is 150 g/mol. The van der Waals surface area contributed by atoms with Crippen LogP contribution in [-0.4, -0.2) is 9.13 Å². The molecule has 1 aliphatic heterocycles. The van der Waals surface area contributed by atoms with Crippen molar-refractivity contribution in [2.24, 2.45) is 0 Å². The van der Waals surface area contributed by atoms with Crippen LogP contribution >= 0.6 is 10.8 Å². The molecule has 1 nitrogen and oxygen atoms in total. The van der Waals surface area contributed by atoms with Crippen LogP contribution in [0.3, 0.4) is 0 Å². The fraction of sp³-hybridized carbons (Fsp3) is 1.00. The predicted octanol–water partition coefficient (Wildman–Crippen LogP) is 1.91.